The average molecular weight is 305 g/mol. The number of rotatable bonds is 5. The van der Waals surface area contributed by atoms with Crippen molar-refractivity contribution in [2.24, 2.45) is 0 Å². The molecule has 6 nitrogen and oxygen atoms in total. The third-order valence-electron chi connectivity index (χ3n) is 3.38. The molecule has 1 aliphatic heterocycles. The van der Waals surface area contributed by atoms with Gasteiger partial charge in [-0.05, 0) is 32.0 Å². The first-order valence-electron chi connectivity index (χ1n) is 7.26. The van der Waals surface area contributed by atoms with E-state index in [0.717, 1.165) is 0 Å². The van der Waals surface area contributed by atoms with Crippen molar-refractivity contribution in [2.45, 2.75) is 26.7 Å². The number of nitrogens with zero attached hydrogens (tertiary/aromatic N) is 1. The van der Waals surface area contributed by atoms with Crippen LogP contribution in [0.5, 0.6) is 5.75 Å². The molecular weight excluding hydrogens is 286 g/mol. The number of Topliss-reactive ketones (excluding diaryl/α,β-unsaturated/α-hetero) is 1. The van der Waals surface area contributed by atoms with Crippen LogP contribution in [-0.4, -0.2) is 37.4 Å². The highest BCUT2D eigenvalue weighted by atomic mass is 16.5. The maximum atomic E-state index is 12.2. The van der Waals surface area contributed by atoms with E-state index in [1.165, 1.54) is 11.8 Å². The van der Waals surface area contributed by atoms with Crippen molar-refractivity contribution >= 4 is 23.3 Å². The van der Waals surface area contributed by atoms with Crippen molar-refractivity contribution < 1.29 is 23.9 Å². The Kier molecular flexibility index (Phi) is 5.14. The molecule has 1 aromatic carbocycles. The molecule has 0 fully saturated rings. The van der Waals surface area contributed by atoms with E-state index in [2.05, 4.69) is 0 Å². The van der Waals surface area contributed by atoms with Crippen molar-refractivity contribution in [3.63, 3.8) is 0 Å². The number of esters is 1. The molecule has 6 heteroatoms. The van der Waals surface area contributed by atoms with Crippen LogP contribution < -0.4 is 9.64 Å². The van der Waals surface area contributed by atoms with E-state index in [9.17, 15) is 14.4 Å². The monoisotopic (exact) mass is 305 g/mol. The number of hydrogen-bond donors (Lipinski definition) is 0. The van der Waals surface area contributed by atoms with Crippen molar-refractivity contribution in [2.75, 3.05) is 24.7 Å². The molecule has 0 aromatic heterocycles. The maximum absolute atomic E-state index is 12.2. The van der Waals surface area contributed by atoms with Crippen molar-refractivity contribution in [1.29, 1.82) is 0 Å². The lowest BCUT2D eigenvalue weighted by Gasteiger charge is -2.22. The van der Waals surface area contributed by atoms with Crippen molar-refractivity contribution in [3.05, 3.63) is 23.8 Å². The van der Waals surface area contributed by atoms with Crippen LogP contribution >= 0.6 is 0 Å². The van der Waals surface area contributed by atoms with Crippen LogP contribution in [0.2, 0.25) is 0 Å². The number of ketones is 1. The zero-order valence-corrected chi connectivity index (χ0v) is 12.8. The molecule has 0 saturated carbocycles. The largest absolute Gasteiger partial charge is 0.491 e. The number of fused-ring (bicyclic) bond motifs is 1. The van der Waals surface area contributed by atoms with Gasteiger partial charge in [0.25, 0.3) is 0 Å². The molecule has 0 spiro atoms. The second-order valence-corrected chi connectivity index (χ2v) is 4.94. The lowest BCUT2D eigenvalue weighted by molar-refractivity contribution is -0.142. The number of carbonyl (C=O) groups excluding carboxylic acids is 3. The summed E-state index contributed by atoms with van der Waals surface area (Å²) in [6.07, 6.45) is 0.330. The summed E-state index contributed by atoms with van der Waals surface area (Å²) >= 11 is 0. The minimum atomic E-state index is -0.357. The molecule has 0 radical (unpaired) electrons. The predicted octanol–water partition coefficient (Wildman–Crippen LogP) is 1.96. The molecule has 0 atom stereocenters. The quantitative estimate of drug-likeness (QED) is 0.614. The Bertz CT molecular complexity index is 596. The molecule has 0 N–H and O–H groups in total. The Morgan fingerprint density at radius 1 is 1.36 bits per heavy atom. The van der Waals surface area contributed by atoms with Gasteiger partial charge in [-0.1, -0.05) is 0 Å². The molecule has 22 heavy (non-hydrogen) atoms. The SMILES string of the molecule is CCOC(=O)CCN1C(=O)CCOc2ccc(C(C)=O)cc21. The van der Waals surface area contributed by atoms with Gasteiger partial charge >= 0.3 is 5.97 Å². The normalized spacial score (nSPS) is 13.9. The summed E-state index contributed by atoms with van der Waals surface area (Å²) in [5.41, 5.74) is 1.03. The number of benzene rings is 1. The first kappa shape index (κ1) is 16.0. The second-order valence-electron chi connectivity index (χ2n) is 4.94. The lowest BCUT2D eigenvalue weighted by Crippen LogP contribution is -2.32. The number of anilines is 1. The highest BCUT2D eigenvalue weighted by Gasteiger charge is 2.24. The fraction of sp³-hybridized carbons (Fsp3) is 0.438. The summed E-state index contributed by atoms with van der Waals surface area (Å²) in [5, 5.41) is 0. The molecule has 2 rings (SSSR count). The topological polar surface area (TPSA) is 72.9 Å². The first-order valence-corrected chi connectivity index (χ1v) is 7.26. The Balaban J connectivity index is 2.27. The number of amides is 1. The summed E-state index contributed by atoms with van der Waals surface area (Å²) < 4.78 is 10.4. The minimum absolute atomic E-state index is 0.0927. The van der Waals surface area contributed by atoms with E-state index in [1.54, 1.807) is 25.1 Å². The van der Waals surface area contributed by atoms with E-state index in [4.69, 9.17) is 9.47 Å². The van der Waals surface area contributed by atoms with Crippen molar-refractivity contribution in [1.82, 2.24) is 0 Å². The summed E-state index contributed by atoms with van der Waals surface area (Å²) in [4.78, 5) is 36.8. The standard InChI is InChI=1S/C16H19NO5/c1-3-21-16(20)6-8-17-13-10-12(11(2)18)4-5-14(13)22-9-7-15(17)19/h4-5,10H,3,6-9H2,1-2H3. The van der Waals surface area contributed by atoms with Crippen LogP contribution in [0.1, 0.15) is 37.0 Å². The van der Waals surface area contributed by atoms with E-state index in [0.29, 0.717) is 23.6 Å². The number of hydrogen-bond acceptors (Lipinski definition) is 5. The third-order valence-corrected chi connectivity index (χ3v) is 3.38. The summed E-state index contributed by atoms with van der Waals surface area (Å²) in [5.74, 6) is -0.0435. The summed E-state index contributed by atoms with van der Waals surface area (Å²) in [7, 11) is 0. The minimum Gasteiger partial charge on any atom is -0.491 e. The fourth-order valence-electron chi connectivity index (χ4n) is 2.27. The highest BCUT2D eigenvalue weighted by molar-refractivity contribution is 6.00. The highest BCUT2D eigenvalue weighted by Crippen LogP contribution is 2.32. The van der Waals surface area contributed by atoms with Crippen LogP contribution in [0, 0.1) is 0 Å². The molecule has 0 saturated heterocycles. The van der Waals surface area contributed by atoms with E-state index in [1.807, 2.05) is 0 Å². The predicted molar refractivity (Wildman–Crippen MR) is 80.2 cm³/mol. The molecule has 1 amide bonds. The smallest absolute Gasteiger partial charge is 0.307 e. The molecule has 0 bridgehead atoms. The number of ether oxygens (including phenoxy) is 2. The van der Waals surface area contributed by atoms with Crippen LogP contribution in [0.15, 0.2) is 18.2 Å². The number of carbonyl (C=O) groups is 3. The molecule has 1 aromatic rings. The second kappa shape index (κ2) is 7.06. The van der Waals surface area contributed by atoms with Gasteiger partial charge in [0, 0.05) is 12.1 Å². The van der Waals surface area contributed by atoms with Crippen LogP contribution in [0.3, 0.4) is 0 Å². The maximum Gasteiger partial charge on any atom is 0.307 e. The van der Waals surface area contributed by atoms with Gasteiger partial charge in [0.2, 0.25) is 5.91 Å². The van der Waals surface area contributed by atoms with Gasteiger partial charge in [-0.25, -0.2) is 0 Å². The summed E-state index contributed by atoms with van der Waals surface area (Å²) in [6, 6.07) is 4.98. The van der Waals surface area contributed by atoms with Gasteiger partial charge < -0.3 is 14.4 Å². The first-order chi connectivity index (χ1) is 10.5. The molecule has 0 unspecified atom stereocenters. The van der Waals surface area contributed by atoms with Crippen molar-refractivity contribution in [3.8, 4) is 5.75 Å². The molecule has 1 heterocycles. The molecule has 1 aliphatic rings. The van der Waals surface area contributed by atoms with Gasteiger partial charge in [-0.3, -0.25) is 14.4 Å². The van der Waals surface area contributed by atoms with Crippen LogP contribution in [0.25, 0.3) is 0 Å². The van der Waals surface area contributed by atoms with E-state index < -0.39 is 0 Å². The van der Waals surface area contributed by atoms with Crippen LogP contribution in [0.4, 0.5) is 5.69 Å². The van der Waals surface area contributed by atoms with Gasteiger partial charge in [0.1, 0.15) is 5.75 Å². The fourth-order valence-corrected chi connectivity index (χ4v) is 2.27. The Labute approximate surface area is 129 Å². The Morgan fingerprint density at radius 3 is 2.82 bits per heavy atom. The van der Waals surface area contributed by atoms with E-state index in [-0.39, 0.29) is 43.7 Å². The lowest BCUT2D eigenvalue weighted by atomic mass is 10.1. The summed E-state index contributed by atoms with van der Waals surface area (Å²) in [6.45, 7) is 3.98. The molecular formula is C16H19NO5. The average Bonchev–Trinajstić information content (AvgIpc) is 2.63. The zero-order valence-electron chi connectivity index (χ0n) is 12.8. The molecule has 0 aliphatic carbocycles. The molecule has 118 valence electrons. The van der Waals surface area contributed by atoms with Gasteiger partial charge in [-0.15, -0.1) is 0 Å². The van der Waals surface area contributed by atoms with Crippen LogP contribution in [-0.2, 0) is 14.3 Å². The van der Waals surface area contributed by atoms with Gasteiger partial charge in [0.05, 0.1) is 31.7 Å². The van der Waals surface area contributed by atoms with Gasteiger partial charge in [0.15, 0.2) is 5.78 Å². The van der Waals surface area contributed by atoms with E-state index >= 15 is 0 Å². The third kappa shape index (κ3) is 3.63. The Hall–Kier alpha value is -2.37. The zero-order chi connectivity index (χ0) is 16.1. The Morgan fingerprint density at radius 2 is 2.14 bits per heavy atom. The van der Waals surface area contributed by atoms with Gasteiger partial charge in [-0.2, -0.15) is 0 Å².